The molecule has 0 fully saturated rings. The normalized spacial score (nSPS) is 13.5. The molecule has 1 aromatic carbocycles. The highest BCUT2D eigenvalue weighted by molar-refractivity contribution is 5.85. The first-order chi connectivity index (χ1) is 8.81. The van der Waals surface area contributed by atoms with Crippen LogP contribution >= 0.6 is 0 Å². The molecule has 0 radical (unpaired) electrons. The Bertz CT molecular complexity index is 469. The molecule has 0 aliphatic rings. The number of carbonyl (C=O) groups is 2. The topological polar surface area (TPSA) is 66.8 Å². The molecule has 0 saturated carbocycles. The maximum absolute atomic E-state index is 11.5. The molecule has 1 amide bonds. The van der Waals surface area contributed by atoms with Gasteiger partial charge in [-0.1, -0.05) is 12.1 Å². The summed E-state index contributed by atoms with van der Waals surface area (Å²) in [5.41, 5.74) is -0.431. The smallest absolute Gasteiger partial charge is 0.329 e. The number of benzene rings is 1. The minimum atomic E-state index is -1.26. The molecular weight excluding hydrogens is 246 g/mol. The van der Waals surface area contributed by atoms with Gasteiger partial charge in [-0.25, -0.2) is 4.79 Å². The predicted octanol–water partition coefficient (Wildman–Crippen LogP) is 1.56. The van der Waals surface area contributed by atoms with Gasteiger partial charge in [0, 0.05) is 20.4 Å². The summed E-state index contributed by atoms with van der Waals surface area (Å²) in [6.45, 7) is 2.90. The van der Waals surface area contributed by atoms with Gasteiger partial charge in [0.25, 0.3) is 0 Å². The van der Waals surface area contributed by atoms with Gasteiger partial charge < -0.3 is 14.7 Å². The lowest BCUT2D eigenvalue weighted by atomic mass is 9.91. The largest absolute Gasteiger partial charge is 0.497 e. The third-order valence-corrected chi connectivity index (χ3v) is 3.38. The van der Waals surface area contributed by atoms with Crippen molar-refractivity contribution >= 4 is 11.9 Å². The minimum absolute atomic E-state index is 0.238. The van der Waals surface area contributed by atoms with Gasteiger partial charge in [0.15, 0.2) is 0 Å². The average Bonchev–Trinajstić information content (AvgIpc) is 2.38. The van der Waals surface area contributed by atoms with Gasteiger partial charge in [0.05, 0.1) is 7.11 Å². The number of ether oxygens (including phenoxy) is 1. The summed E-state index contributed by atoms with van der Waals surface area (Å²) in [5.74, 6) is -0.597. The van der Waals surface area contributed by atoms with Crippen molar-refractivity contribution in [3.05, 3.63) is 29.8 Å². The standard InChI is InChI=1S/C14H19NO4/c1-10(16)15(3)14(2,13(17)18)9-11-5-7-12(19-4)8-6-11/h5-8H,9H2,1-4H3,(H,17,18). The van der Waals surface area contributed by atoms with Gasteiger partial charge in [-0.3, -0.25) is 4.79 Å². The minimum Gasteiger partial charge on any atom is -0.497 e. The second-order valence-electron chi connectivity index (χ2n) is 4.68. The van der Waals surface area contributed by atoms with E-state index >= 15 is 0 Å². The Hall–Kier alpha value is -2.04. The number of carbonyl (C=O) groups excluding carboxylic acids is 1. The molecule has 0 spiro atoms. The molecule has 0 saturated heterocycles. The second kappa shape index (κ2) is 5.73. The molecule has 0 bridgehead atoms. The fourth-order valence-electron chi connectivity index (χ4n) is 1.83. The number of carboxylic acids is 1. The lowest BCUT2D eigenvalue weighted by molar-refractivity contribution is -0.155. The van der Waals surface area contributed by atoms with Crippen molar-refractivity contribution in [1.82, 2.24) is 4.90 Å². The van der Waals surface area contributed by atoms with Gasteiger partial charge in [-0.15, -0.1) is 0 Å². The lowest BCUT2D eigenvalue weighted by Gasteiger charge is -2.34. The number of methoxy groups -OCH3 is 1. The van der Waals surface area contributed by atoms with Crippen molar-refractivity contribution in [2.45, 2.75) is 25.8 Å². The molecule has 0 aromatic heterocycles. The van der Waals surface area contributed by atoms with Crippen LogP contribution in [0.1, 0.15) is 19.4 Å². The fraction of sp³-hybridized carbons (Fsp3) is 0.429. The van der Waals surface area contributed by atoms with Crippen molar-refractivity contribution in [2.75, 3.05) is 14.2 Å². The predicted molar refractivity (Wildman–Crippen MR) is 71.2 cm³/mol. The van der Waals surface area contributed by atoms with Crippen LogP contribution in [0.3, 0.4) is 0 Å². The summed E-state index contributed by atoms with van der Waals surface area (Å²) in [7, 11) is 3.07. The molecule has 5 nitrogen and oxygen atoms in total. The van der Waals surface area contributed by atoms with Crippen LogP contribution in [0.15, 0.2) is 24.3 Å². The van der Waals surface area contributed by atoms with E-state index in [1.807, 2.05) is 0 Å². The number of amides is 1. The summed E-state index contributed by atoms with van der Waals surface area (Å²) in [6, 6.07) is 7.14. The van der Waals surface area contributed by atoms with E-state index in [0.717, 1.165) is 5.56 Å². The van der Waals surface area contributed by atoms with Gasteiger partial charge in [0.1, 0.15) is 11.3 Å². The Kier molecular flexibility index (Phi) is 4.53. The van der Waals surface area contributed by atoms with E-state index < -0.39 is 11.5 Å². The molecule has 1 rings (SSSR count). The van der Waals surface area contributed by atoms with Gasteiger partial charge in [-0.05, 0) is 24.6 Å². The highest BCUT2D eigenvalue weighted by Crippen LogP contribution is 2.22. The van der Waals surface area contributed by atoms with Gasteiger partial charge in [0.2, 0.25) is 5.91 Å². The maximum atomic E-state index is 11.5. The third-order valence-electron chi connectivity index (χ3n) is 3.38. The molecule has 1 aromatic rings. The summed E-state index contributed by atoms with van der Waals surface area (Å²) in [5, 5.41) is 9.40. The van der Waals surface area contributed by atoms with E-state index in [0.29, 0.717) is 5.75 Å². The van der Waals surface area contributed by atoms with Crippen LogP contribution in [0.25, 0.3) is 0 Å². The number of likely N-dealkylation sites (N-methyl/N-ethyl adjacent to an activating group) is 1. The Morgan fingerprint density at radius 1 is 1.32 bits per heavy atom. The van der Waals surface area contributed by atoms with Crippen molar-refractivity contribution in [1.29, 1.82) is 0 Å². The van der Waals surface area contributed by atoms with Crippen LogP contribution in [0.4, 0.5) is 0 Å². The highest BCUT2D eigenvalue weighted by Gasteiger charge is 2.39. The Labute approximate surface area is 112 Å². The van der Waals surface area contributed by atoms with Crippen LogP contribution in [0, 0.1) is 0 Å². The first kappa shape index (κ1) is 15.0. The molecule has 19 heavy (non-hydrogen) atoms. The number of nitrogens with zero attached hydrogens (tertiary/aromatic N) is 1. The molecule has 1 N–H and O–H groups in total. The van der Waals surface area contributed by atoms with E-state index in [1.165, 1.54) is 18.9 Å². The quantitative estimate of drug-likeness (QED) is 0.877. The molecule has 0 aliphatic heterocycles. The summed E-state index contributed by atoms with van der Waals surface area (Å²) in [4.78, 5) is 24.2. The Balaban J connectivity index is 3.01. The monoisotopic (exact) mass is 265 g/mol. The van der Waals surface area contributed by atoms with Crippen LogP contribution in [-0.2, 0) is 16.0 Å². The van der Waals surface area contributed by atoms with Crippen LogP contribution in [0.2, 0.25) is 0 Å². The van der Waals surface area contributed by atoms with E-state index in [2.05, 4.69) is 0 Å². The number of aliphatic carboxylic acids is 1. The zero-order valence-corrected chi connectivity index (χ0v) is 11.6. The zero-order valence-electron chi connectivity index (χ0n) is 11.6. The van der Waals surface area contributed by atoms with Crippen molar-refractivity contribution < 1.29 is 19.4 Å². The Morgan fingerprint density at radius 2 is 1.84 bits per heavy atom. The molecule has 0 aliphatic carbocycles. The SMILES string of the molecule is COc1ccc(CC(C)(C(=O)O)N(C)C(C)=O)cc1. The van der Waals surface area contributed by atoms with Gasteiger partial charge in [-0.2, -0.15) is 0 Å². The average molecular weight is 265 g/mol. The molecule has 5 heteroatoms. The molecular formula is C14H19NO4. The van der Waals surface area contributed by atoms with Crippen LogP contribution < -0.4 is 4.74 Å². The van der Waals surface area contributed by atoms with Gasteiger partial charge >= 0.3 is 5.97 Å². The molecule has 1 atom stereocenters. The van der Waals surface area contributed by atoms with Crippen LogP contribution in [-0.4, -0.2) is 41.6 Å². The molecule has 104 valence electrons. The van der Waals surface area contributed by atoms with E-state index in [9.17, 15) is 14.7 Å². The summed E-state index contributed by atoms with van der Waals surface area (Å²) >= 11 is 0. The van der Waals surface area contributed by atoms with E-state index in [4.69, 9.17) is 4.74 Å². The van der Waals surface area contributed by atoms with Crippen molar-refractivity contribution in [2.24, 2.45) is 0 Å². The summed E-state index contributed by atoms with van der Waals surface area (Å²) in [6.07, 6.45) is 0.238. The van der Waals surface area contributed by atoms with Crippen molar-refractivity contribution in [3.63, 3.8) is 0 Å². The van der Waals surface area contributed by atoms with E-state index in [1.54, 1.807) is 38.3 Å². The lowest BCUT2D eigenvalue weighted by Crippen LogP contribution is -2.54. The molecule has 0 heterocycles. The van der Waals surface area contributed by atoms with Crippen LogP contribution in [0.5, 0.6) is 5.75 Å². The highest BCUT2D eigenvalue weighted by atomic mass is 16.5. The number of rotatable bonds is 5. The number of hydrogen-bond acceptors (Lipinski definition) is 3. The van der Waals surface area contributed by atoms with E-state index in [-0.39, 0.29) is 12.3 Å². The second-order valence-corrected chi connectivity index (χ2v) is 4.68. The fourth-order valence-corrected chi connectivity index (χ4v) is 1.83. The summed E-state index contributed by atoms with van der Waals surface area (Å²) < 4.78 is 5.05. The Morgan fingerprint density at radius 3 is 2.21 bits per heavy atom. The zero-order chi connectivity index (χ0) is 14.6. The number of hydrogen-bond donors (Lipinski definition) is 1. The number of carboxylic acid groups (broad SMARTS) is 1. The first-order valence-corrected chi connectivity index (χ1v) is 5.92. The third kappa shape index (κ3) is 3.24. The molecule has 1 unspecified atom stereocenters. The maximum Gasteiger partial charge on any atom is 0.329 e. The first-order valence-electron chi connectivity index (χ1n) is 5.92. The van der Waals surface area contributed by atoms with Crippen molar-refractivity contribution in [3.8, 4) is 5.75 Å².